The third-order valence-electron chi connectivity index (χ3n) is 2.94. The van der Waals surface area contributed by atoms with E-state index in [1.807, 2.05) is 13.0 Å². The summed E-state index contributed by atoms with van der Waals surface area (Å²) in [6.45, 7) is 1.13. The second-order valence-electron chi connectivity index (χ2n) is 4.75. The molecule has 98 valence electrons. The van der Waals surface area contributed by atoms with Crippen molar-refractivity contribution >= 4 is 0 Å². The van der Waals surface area contributed by atoms with Gasteiger partial charge >= 0.3 is 6.18 Å². The number of nitrogens with zero attached hydrogens (tertiary/aromatic N) is 2. The summed E-state index contributed by atoms with van der Waals surface area (Å²) in [6, 6.07) is 1.98. The van der Waals surface area contributed by atoms with Crippen LogP contribution in [0.4, 0.5) is 13.2 Å². The lowest BCUT2D eigenvalue weighted by Crippen LogP contribution is -2.53. The Morgan fingerprint density at radius 1 is 1.35 bits per heavy atom. The quantitative estimate of drug-likeness (QED) is 0.782. The maximum absolute atomic E-state index is 12.4. The molecular formula is C11H18F3N3. The van der Waals surface area contributed by atoms with Crippen LogP contribution in [0.1, 0.15) is 26.2 Å². The van der Waals surface area contributed by atoms with E-state index in [0.29, 0.717) is 13.0 Å². The highest BCUT2D eigenvalue weighted by Gasteiger charge is 2.44. The Balaban J connectivity index is 2.62. The van der Waals surface area contributed by atoms with Gasteiger partial charge in [-0.1, -0.05) is 6.92 Å². The largest absolute Gasteiger partial charge is 0.401 e. The second kappa shape index (κ2) is 5.23. The molecule has 0 aromatic heterocycles. The molecule has 0 saturated heterocycles. The van der Waals surface area contributed by atoms with Crippen molar-refractivity contribution in [1.82, 2.24) is 4.90 Å². The standard InChI is InChI=1S/C11H18F3N3/c1-2-5-17(8-11(12,13)14)7-10(16,6-15)9-3-4-9/h9H,2-5,7-8,16H2,1H3. The molecule has 17 heavy (non-hydrogen) atoms. The van der Waals surface area contributed by atoms with Gasteiger partial charge in [0.15, 0.2) is 0 Å². The number of rotatable bonds is 6. The molecule has 0 radical (unpaired) electrons. The van der Waals surface area contributed by atoms with Gasteiger partial charge in [-0.25, -0.2) is 0 Å². The van der Waals surface area contributed by atoms with Crippen LogP contribution in [-0.2, 0) is 0 Å². The van der Waals surface area contributed by atoms with Crippen molar-refractivity contribution in [2.45, 2.75) is 37.9 Å². The van der Waals surface area contributed by atoms with Gasteiger partial charge in [-0.3, -0.25) is 4.90 Å². The molecular weight excluding hydrogens is 231 g/mol. The van der Waals surface area contributed by atoms with Crippen LogP contribution in [0, 0.1) is 17.2 Å². The average molecular weight is 249 g/mol. The van der Waals surface area contributed by atoms with Crippen LogP contribution in [0.5, 0.6) is 0 Å². The number of halogens is 3. The van der Waals surface area contributed by atoms with Gasteiger partial charge in [-0.05, 0) is 31.7 Å². The molecule has 6 heteroatoms. The summed E-state index contributed by atoms with van der Waals surface area (Å²) in [6.07, 6.45) is -1.94. The predicted molar refractivity (Wildman–Crippen MR) is 58.0 cm³/mol. The molecule has 1 fully saturated rings. The molecule has 1 aliphatic carbocycles. The average Bonchev–Trinajstić information content (AvgIpc) is 2.98. The first-order valence-electron chi connectivity index (χ1n) is 5.80. The molecule has 0 aromatic rings. The van der Waals surface area contributed by atoms with Crippen molar-refractivity contribution in [1.29, 1.82) is 5.26 Å². The van der Waals surface area contributed by atoms with Gasteiger partial charge in [0.25, 0.3) is 0 Å². The van der Waals surface area contributed by atoms with E-state index in [1.54, 1.807) is 0 Å². The fourth-order valence-corrected chi connectivity index (χ4v) is 2.01. The molecule has 0 spiro atoms. The van der Waals surface area contributed by atoms with Crippen molar-refractivity contribution in [2.24, 2.45) is 11.7 Å². The molecule has 1 saturated carbocycles. The van der Waals surface area contributed by atoms with Gasteiger partial charge in [0.1, 0.15) is 5.54 Å². The molecule has 1 rings (SSSR count). The molecule has 0 aliphatic heterocycles. The van der Waals surface area contributed by atoms with Crippen LogP contribution < -0.4 is 5.73 Å². The minimum absolute atomic E-state index is 0.00150. The number of alkyl halides is 3. The maximum atomic E-state index is 12.4. The van der Waals surface area contributed by atoms with Crippen molar-refractivity contribution < 1.29 is 13.2 Å². The highest BCUT2D eigenvalue weighted by Crippen LogP contribution is 2.38. The molecule has 0 aromatic carbocycles. The van der Waals surface area contributed by atoms with Gasteiger partial charge in [0.05, 0.1) is 12.6 Å². The van der Waals surface area contributed by atoms with Gasteiger partial charge in [0.2, 0.25) is 0 Å². The molecule has 0 amide bonds. The van der Waals surface area contributed by atoms with Crippen molar-refractivity contribution in [2.75, 3.05) is 19.6 Å². The van der Waals surface area contributed by atoms with Crippen molar-refractivity contribution in [3.05, 3.63) is 0 Å². The highest BCUT2D eigenvalue weighted by atomic mass is 19.4. The Morgan fingerprint density at radius 2 is 1.94 bits per heavy atom. The molecule has 0 heterocycles. The van der Waals surface area contributed by atoms with E-state index in [4.69, 9.17) is 11.0 Å². The zero-order valence-electron chi connectivity index (χ0n) is 9.93. The van der Waals surface area contributed by atoms with E-state index in [2.05, 4.69) is 0 Å². The van der Waals surface area contributed by atoms with E-state index >= 15 is 0 Å². The minimum atomic E-state index is -4.24. The van der Waals surface area contributed by atoms with Crippen molar-refractivity contribution in [3.8, 4) is 6.07 Å². The van der Waals surface area contributed by atoms with Gasteiger partial charge in [-0.15, -0.1) is 0 Å². The number of hydrogen-bond acceptors (Lipinski definition) is 3. The SMILES string of the molecule is CCCN(CC(F)(F)F)CC(N)(C#N)C1CC1. The van der Waals surface area contributed by atoms with Gasteiger partial charge in [-0.2, -0.15) is 18.4 Å². The summed E-state index contributed by atoms with van der Waals surface area (Å²) in [4.78, 5) is 1.24. The smallest absolute Gasteiger partial charge is 0.312 e. The zero-order chi connectivity index (χ0) is 13.1. The summed E-state index contributed by atoms with van der Waals surface area (Å²) < 4.78 is 37.1. The maximum Gasteiger partial charge on any atom is 0.401 e. The molecule has 0 bridgehead atoms. The summed E-state index contributed by atoms with van der Waals surface area (Å²) in [5.41, 5.74) is 4.76. The Bertz CT molecular complexity index is 293. The lowest BCUT2D eigenvalue weighted by atomic mass is 9.95. The summed E-state index contributed by atoms with van der Waals surface area (Å²) in [5.74, 6) is 0.0556. The summed E-state index contributed by atoms with van der Waals surface area (Å²) in [7, 11) is 0. The number of hydrogen-bond donors (Lipinski definition) is 1. The lowest BCUT2D eigenvalue weighted by molar-refractivity contribution is -0.147. The van der Waals surface area contributed by atoms with Crippen LogP contribution in [-0.4, -0.2) is 36.2 Å². The Kier molecular flexibility index (Phi) is 4.39. The lowest BCUT2D eigenvalue weighted by Gasteiger charge is -2.30. The first-order valence-corrected chi connectivity index (χ1v) is 5.80. The van der Waals surface area contributed by atoms with Crippen LogP contribution in [0.25, 0.3) is 0 Å². The Morgan fingerprint density at radius 3 is 2.29 bits per heavy atom. The van der Waals surface area contributed by atoms with Crippen LogP contribution >= 0.6 is 0 Å². The van der Waals surface area contributed by atoms with E-state index < -0.39 is 18.3 Å². The molecule has 1 atom stereocenters. The fourth-order valence-electron chi connectivity index (χ4n) is 2.01. The Labute approximate surface area is 99.4 Å². The third-order valence-corrected chi connectivity index (χ3v) is 2.94. The first-order chi connectivity index (χ1) is 7.80. The monoisotopic (exact) mass is 249 g/mol. The van der Waals surface area contributed by atoms with Gasteiger partial charge in [0, 0.05) is 6.54 Å². The van der Waals surface area contributed by atoms with E-state index in [-0.39, 0.29) is 12.5 Å². The van der Waals surface area contributed by atoms with Crippen molar-refractivity contribution in [3.63, 3.8) is 0 Å². The fraction of sp³-hybridized carbons (Fsp3) is 0.909. The predicted octanol–water partition coefficient (Wildman–Crippen LogP) is 1.89. The second-order valence-corrected chi connectivity index (χ2v) is 4.75. The molecule has 1 unspecified atom stereocenters. The number of nitrogens with two attached hydrogens (primary N) is 1. The Hall–Kier alpha value is -0.800. The van der Waals surface area contributed by atoms with Crippen LogP contribution in [0.15, 0.2) is 0 Å². The topological polar surface area (TPSA) is 53.0 Å². The van der Waals surface area contributed by atoms with E-state index in [9.17, 15) is 13.2 Å². The van der Waals surface area contributed by atoms with Crippen LogP contribution in [0.3, 0.4) is 0 Å². The first kappa shape index (κ1) is 14.3. The molecule has 1 aliphatic rings. The molecule has 2 N–H and O–H groups in total. The highest BCUT2D eigenvalue weighted by molar-refractivity contribution is 5.14. The van der Waals surface area contributed by atoms with E-state index in [0.717, 1.165) is 12.8 Å². The molecule has 3 nitrogen and oxygen atoms in total. The minimum Gasteiger partial charge on any atom is -0.312 e. The number of nitriles is 1. The third kappa shape index (κ3) is 4.52. The normalized spacial score (nSPS) is 20.1. The zero-order valence-corrected chi connectivity index (χ0v) is 9.93. The summed E-state index contributed by atoms with van der Waals surface area (Å²) in [5, 5.41) is 9.03. The van der Waals surface area contributed by atoms with Crippen LogP contribution in [0.2, 0.25) is 0 Å². The summed E-state index contributed by atoms with van der Waals surface area (Å²) >= 11 is 0. The van der Waals surface area contributed by atoms with Gasteiger partial charge < -0.3 is 5.73 Å². The van der Waals surface area contributed by atoms with E-state index in [1.165, 1.54) is 4.90 Å².